The Labute approximate surface area is 211 Å². The number of fused-ring (bicyclic) bond motifs is 1. The highest BCUT2D eigenvalue weighted by molar-refractivity contribution is 5.95. The topological polar surface area (TPSA) is 90.5 Å². The molecule has 3 fully saturated rings. The fourth-order valence-electron chi connectivity index (χ4n) is 6.01. The van der Waals surface area contributed by atoms with Gasteiger partial charge in [-0.15, -0.1) is 0 Å². The maximum Gasteiger partial charge on any atom is 0.245 e. The molecule has 2 aromatic heterocycles. The number of aromatic nitrogens is 4. The van der Waals surface area contributed by atoms with Crippen LogP contribution in [0.3, 0.4) is 0 Å². The number of H-pyrrole nitrogens is 1. The lowest BCUT2D eigenvalue weighted by molar-refractivity contribution is -0.136. The number of hydrogen-bond donors (Lipinski definition) is 1. The highest BCUT2D eigenvalue weighted by Gasteiger charge is 2.49. The van der Waals surface area contributed by atoms with E-state index in [0.717, 1.165) is 73.3 Å². The molecule has 1 N–H and O–H groups in total. The number of nitrogens with zero attached hydrogens (tertiary/aromatic N) is 6. The van der Waals surface area contributed by atoms with Crippen LogP contribution in [0.4, 0.5) is 5.95 Å². The Bertz CT molecular complexity index is 1310. The molecule has 3 saturated heterocycles. The van der Waals surface area contributed by atoms with Gasteiger partial charge < -0.3 is 19.4 Å². The van der Waals surface area contributed by atoms with Crippen LogP contribution in [0.5, 0.6) is 5.88 Å². The number of anilines is 1. The van der Waals surface area contributed by atoms with Crippen LogP contribution in [0.25, 0.3) is 22.2 Å². The minimum atomic E-state index is 0.00794. The Morgan fingerprint density at radius 2 is 2.14 bits per heavy atom. The van der Waals surface area contributed by atoms with Gasteiger partial charge in [-0.2, -0.15) is 10.1 Å². The number of hydrogen-bond acceptors (Lipinski definition) is 7. The van der Waals surface area contributed by atoms with Crippen molar-refractivity contribution in [3.05, 3.63) is 42.6 Å². The maximum atomic E-state index is 12.0. The third-order valence-corrected chi connectivity index (χ3v) is 8.13. The molecule has 3 aliphatic rings. The molecule has 1 spiro atoms. The van der Waals surface area contributed by atoms with Crippen molar-refractivity contribution in [2.75, 3.05) is 51.3 Å². The minimum Gasteiger partial charge on any atom is -0.476 e. The lowest BCUT2D eigenvalue weighted by Gasteiger charge is -2.47. The number of rotatable bonds is 6. The van der Waals surface area contributed by atoms with Crippen LogP contribution in [-0.4, -0.2) is 88.3 Å². The van der Waals surface area contributed by atoms with Crippen LogP contribution in [0.2, 0.25) is 0 Å². The van der Waals surface area contributed by atoms with E-state index in [4.69, 9.17) is 14.7 Å². The molecule has 5 heterocycles. The zero-order valence-corrected chi connectivity index (χ0v) is 21.0. The number of nitrogens with one attached hydrogen (secondary N) is 1. The second-order valence-corrected chi connectivity index (χ2v) is 10.6. The third kappa shape index (κ3) is 4.01. The summed E-state index contributed by atoms with van der Waals surface area (Å²) in [7, 11) is 2.16. The molecule has 0 bridgehead atoms. The van der Waals surface area contributed by atoms with Gasteiger partial charge in [-0.25, -0.2) is 4.98 Å². The van der Waals surface area contributed by atoms with Gasteiger partial charge in [0.2, 0.25) is 17.7 Å². The molecule has 1 aromatic carbocycles. The normalized spacial score (nSPS) is 21.3. The zero-order chi connectivity index (χ0) is 24.9. The summed E-state index contributed by atoms with van der Waals surface area (Å²) in [6.45, 7) is 10.7. The molecule has 1 unspecified atom stereocenters. The molecule has 6 rings (SSSR count). The summed E-state index contributed by atoms with van der Waals surface area (Å²) in [6.07, 6.45) is 6.62. The van der Waals surface area contributed by atoms with Crippen molar-refractivity contribution in [3.8, 4) is 17.1 Å². The summed E-state index contributed by atoms with van der Waals surface area (Å²) in [5.74, 6) is 1.30. The SMILES string of the molecule is C=CC(=O)N1CC2(CCN(c3nc(OCC4CCCN4C)cc(-c4c(C)ccc5[nH]ncc45)n3)C2)C1. The Morgan fingerprint density at radius 1 is 1.28 bits per heavy atom. The van der Waals surface area contributed by atoms with Gasteiger partial charge in [0.05, 0.1) is 17.4 Å². The smallest absolute Gasteiger partial charge is 0.245 e. The number of amides is 1. The largest absolute Gasteiger partial charge is 0.476 e. The van der Waals surface area contributed by atoms with Crippen LogP contribution >= 0.6 is 0 Å². The number of likely N-dealkylation sites (tertiary alicyclic amines) is 2. The fourth-order valence-corrected chi connectivity index (χ4v) is 6.01. The monoisotopic (exact) mass is 487 g/mol. The van der Waals surface area contributed by atoms with Crippen molar-refractivity contribution in [1.82, 2.24) is 30.0 Å². The van der Waals surface area contributed by atoms with Crippen LogP contribution in [-0.2, 0) is 4.79 Å². The Morgan fingerprint density at radius 3 is 2.92 bits per heavy atom. The molecular weight excluding hydrogens is 454 g/mol. The lowest BCUT2D eigenvalue weighted by Crippen LogP contribution is -2.59. The van der Waals surface area contributed by atoms with Crippen LogP contribution in [0, 0.1) is 12.3 Å². The maximum absolute atomic E-state index is 12.0. The van der Waals surface area contributed by atoms with E-state index in [0.29, 0.717) is 24.5 Å². The highest BCUT2D eigenvalue weighted by atomic mass is 16.5. The van der Waals surface area contributed by atoms with Crippen molar-refractivity contribution in [1.29, 1.82) is 0 Å². The van der Waals surface area contributed by atoms with Gasteiger partial charge in [0, 0.05) is 54.7 Å². The third-order valence-electron chi connectivity index (χ3n) is 8.13. The Balaban J connectivity index is 1.32. The van der Waals surface area contributed by atoms with Crippen molar-refractivity contribution in [3.63, 3.8) is 0 Å². The first-order valence-corrected chi connectivity index (χ1v) is 12.8. The van der Waals surface area contributed by atoms with E-state index >= 15 is 0 Å². The molecule has 9 nitrogen and oxygen atoms in total. The minimum absolute atomic E-state index is 0.00794. The van der Waals surface area contributed by atoms with E-state index < -0.39 is 0 Å². The van der Waals surface area contributed by atoms with Crippen molar-refractivity contribution in [2.45, 2.75) is 32.2 Å². The van der Waals surface area contributed by atoms with Gasteiger partial charge >= 0.3 is 0 Å². The predicted octanol–water partition coefficient (Wildman–Crippen LogP) is 3.03. The van der Waals surface area contributed by atoms with E-state index in [2.05, 4.69) is 46.6 Å². The summed E-state index contributed by atoms with van der Waals surface area (Å²) < 4.78 is 6.30. The fraction of sp³-hybridized carbons (Fsp3) is 0.481. The summed E-state index contributed by atoms with van der Waals surface area (Å²) in [4.78, 5) is 28.4. The summed E-state index contributed by atoms with van der Waals surface area (Å²) in [5.41, 5.74) is 4.11. The molecule has 0 aliphatic carbocycles. The Kier molecular flexibility index (Phi) is 5.67. The van der Waals surface area contributed by atoms with Gasteiger partial charge in [-0.1, -0.05) is 12.6 Å². The molecule has 1 amide bonds. The van der Waals surface area contributed by atoms with Crippen LogP contribution < -0.4 is 9.64 Å². The van der Waals surface area contributed by atoms with Crippen LogP contribution in [0.15, 0.2) is 37.1 Å². The van der Waals surface area contributed by atoms with Crippen molar-refractivity contribution < 1.29 is 9.53 Å². The number of benzene rings is 1. The zero-order valence-electron chi connectivity index (χ0n) is 21.0. The van der Waals surface area contributed by atoms with E-state index in [1.54, 1.807) is 0 Å². The average Bonchev–Trinajstić information content (AvgIpc) is 3.60. The number of aromatic amines is 1. The number of aryl methyl sites for hydroxylation is 1. The molecule has 1 atom stereocenters. The average molecular weight is 488 g/mol. The first kappa shape index (κ1) is 23.0. The summed E-state index contributed by atoms with van der Waals surface area (Å²) >= 11 is 0. The number of carbonyl (C=O) groups is 1. The lowest BCUT2D eigenvalue weighted by atomic mass is 9.79. The predicted molar refractivity (Wildman–Crippen MR) is 139 cm³/mol. The second kappa shape index (κ2) is 8.89. The molecule has 0 saturated carbocycles. The molecule has 3 aliphatic heterocycles. The molecule has 36 heavy (non-hydrogen) atoms. The van der Waals surface area contributed by atoms with Gasteiger partial charge in [-0.05, 0) is 57.5 Å². The van der Waals surface area contributed by atoms with E-state index in [-0.39, 0.29) is 11.3 Å². The first-order valence-electron chi connectivity index (χ1n) is 12.8. The number of likely N-dealkylation sites (N-methyl/N-ethyl adjacent to an activating group) is 1. The molecule has 9 heteroatoms. The highest BCUT2D eigenvalue weighted by Crippen LogP contribution is 2.41. The first-order chi connectivity index (χ1) is 17.4. The van der Waals surface area contributed by atoms with Crippen LogP contribution in [0.1, 0.15) is 24.8 Å². The number of carbonyl (C=O) groups excluding carboxylic acids is 1. The van der Waals surface area contributed by atoms with Gasteiger partial charge in [0.25, 0.3) is 0 Å². The Hall–Kier alpha value is -3.46. The standard InChI is InChI=1S/C27H33N7O2/c1-4-24(35)34-16-27(17-34)9-11-33(15-27)26-29-22(25-18(2)7-8-21-20(25)13-28-31-21)12-23(30-26)36-14-19-6-5-10-32(19)3/h4,7-8,12-13,19H,1,5-6,9-11,14-17H2,2-3H3,(H,28,31). The van der Waals surface area contributed by atoms with Crippen molar-refractivity contribution >= 4 is 22.8 Å². The summed E-state index contributed by atoms with van der Waals surface area (Å²) in [6, 6.07) is 6.51. The van der Waals surface area contributed by atoms with E-state index in [9.17, 15) is 4.79 Å². The second-order valence-electron chi connectivity index (χ2n) is 10.6. The summed E-state index contributed by atoms with van der Waals surface area (Å²) in [5, 5.41) is 8.37. The molecule has 188 valence electrons. The van der Waals surface area contributed by atoms with E-state index in [1.165, 1.54) is 12.5 Å². The number of ether oxygens (including phenoxy) is 1. The molecule has 3 aromatic rings. The van der Waals surface area contributed by atoms with Gasteiger partial charge in [0.15, 0.2) is 0 Å². The molecule has 0 radical (unpaired) electrons. The molecular formula is C27H33N7O2. The van der Waals surface area contributed by atoms with E-state index in [1.807, 2.05) is 23.2 Å². The quantitative estimate of drug-likeness (QED) is 0.535. The van der Waals surface area contributed by atoms with Crippen molar-refractivity contribution in [2.24, 2.45) is 5.41 Å². The van der Waals surface area contributed by atoms with Gasteiger partial charge in [0.1, 0.15) is 6.61 Å². The van der Waals surface area contributed by atoms with Gasteiger partial charge in [-0.3, -0.25) is 9.89 Å².